The van der Waals surface area contributed by atoms with Crippen LogP contribution in [0.25, 0.3) is 10.2 Å². The van der Waals surface area contributed by atoms with Crippen molar-refractivity contribution in [1.29, 1.82) is 0 Å². The van der Waals surface area contributed by atoms with Crippen LogP contribution in [-0.4, -0.2) is 10.9 Å². The Balaban J connectivity index is 1.87. The second-order valence-corrected chi connectivity index (χ2v) is 5.42. The molecule has 1 amide bonds. The van der Waals surface area contributed by atoms with Crippen LogP contribution in [0.2, 0.25) is 5.02 Å². The average Bonchev–Trinajstić information content (AvgIpc) is 2.82. The third kappa shape index (κ3) is 2.59. The highest BCUT2D eigenvalue weighted by Gasteiger charge is 2.12. The van der Waals surface area contributed by atoms with Gasteiger partial charge in [-0.2, -0.15) is 0 Å². The Labute approximate surface area is 118 Å². The molecule has 0 saturated heterocycles. The van der Waals surface area contributed by atoms with Crippen LogP contribution in [0.1, 0.15) is 9.80 Å². The summed E-state index contributed by atoms with van der Waals surface area (Å²) >= 11 is 7.25. The molecular formula is C14H9ClN2OS. The molecule has 94 valence electrons. The molecular weight excluding hydrogens is 280 g/mol. The van der Waals surface area contributed by atoms with Gasteiger partial charge >= 0.3 is 0 Å². The Hall–Kier alpha value is -1.91. The minimum absolute atomic E-state index is 0.219. The number of carbonyl (C=O) groups excluding carboxylic acids is 1. The number of carbonyl (C=O) groups is 1. The van der Waals surface area contributed by atoms with Gasteiger partial charge in [0.25, 0.3) is 5.91 Å². The monoisotopic (exact) mass is 288 g/mol. The van der Waals surface area contributed by atoms with Crippen LogP contribution in [0.3, 0.4) is 0 Å². The zero-order valence-electron chi connectivity index (χ0n) is 9.76. The van der Waals surface area contributed by atoms with E-state index in [9.17, 15) is 4.79 Å². The number of anilines is 1. The summed E-state index contributed by atoms with van der Waals surface area (Å²) in [5.41, 5.74) is 1.50. The highest BCUT2D eigenvalue weighted by molar-refractivity contribution is 7.20. The van der Waals surface area contributed by atoms with E-state index in [0.29, 0.717) is 15.7 Å². The number of benzene rings is 2. The molecule has 3 rings (SSSR count). The van der Waals surface area contributed by atoms with Gasteiger partial charge in [-0.15, -0.1) is 11.3 Å². The van der Waals surface area contributed by atoms with Gasteiger partial charge < -0.3 is 5.32 Å². The minimum atomic E-state index is -0.219. The molecule has 0 atom stereocenters. The first-order valence-electron chi connectivity index (χ1n) is 5.65. The van der Waals surface area contributed by atoms with E-state index in [1.165, 1.54) is 11.3 Å². The zero-order valence-corrected chi connectivity index (χ0v) is 11.3. The summed E-state index contributed by atoms with van der Waals surface area (Å²) in [7, 11) is 0. The molecule has 0 saturated carbocycles. The molecule has 0 aliphatic rings. The average molecular weight is 289 g/mol. The number of halogens is 1. The fourth-order valence-electron chi connectivity index (χ4n) is 1.72. The minimum Gasteiger partial charge on any atom is -0.320 e. The van der Waals surface area contributed by atoms with Crippen molar-refractivity contribution in [2.24, 2.45) is 0 Å². The third-order valence-corrected chi connectivity index (χ3v) is 3.84. The molecule has 0 aliphatic heterocycles. The Bertz CT molecular complexity index is 721. The molecule has 0 spiro atoms. The molecule has 0 unspecified atom stereocenters. The van der Waals surface area contributed by atoms with Crippen LogP contribution in [0.5, 0.6) is 0 Å². The Morgan fingerprint density at radius 1 is 1.16 bits per heavy atom. The summed E-state index contributed by atoms with van der Waals surface area (Å²) in [5, 5.41) is 3.82. The van der Waals surface area contributed by atoms with Crippen molar-refractivity contribution < 1.29 is 4.79 Å². The summed E-state index contributed by atoms with van der Waals surface area (Å²) in [5.74, 6) is -0.219. The molecule has 1 heterocycles. The number of hydrogen-bond acceptors (Lipinski definition) is 3. The summed E-state index contributed by atoms with van der Waals surface area (Å²) in [6.07, 6.45) is 0. The molecule has 3 aromatic rings. The summed E-state index contributed by atoms with van der Waals surface area (Å²) in [6.45, 7) is 0. The van der Waals surface area contributed by atoms with Crippen LogP contribution >= 0.6 is 22.9 Å². The molecule has 1 aromatic heterocycles. The van der Waals surface area contributed by atoms with Crippen molar-refractivity contribution in [3.8, 4) is 0 Å². The van der Waals surface area contributed by atoms with E-state index in [1.54, 1.807) is 24.3 Å². The molecule has 1 N–H and O–H groups in total. The largest absolute Gasteiger partial charge is 0.320 e. The van der Waals surface area contributed by atoms with E-state index in [0.717, 1.165) is 10.2 Å². The van der Waals surface area contributed by atoms with Gasteiger partial charge in [-0.3, -0.25) is 4.79 Å². The Kier molecular flexibility index (Phi) is 3.19. The van der Waals surface area contributed by atoms with Gasteiger partial charge in [0.1, 0.15) is 0 Å². The number of fused-ring (bicyclic) bond motifs is 1. The number of nitrogens with one attached hydrogen (secondary N) is 1. The van der Waals surface area contributed by atoms with Crippen molar-refractivity contribution in [2.75, 3.05) is 5.32 Å². The molecule has 0 aliphatic carbocycles. The van der Waals surface area contributed by atoms with Crippen LogP contribution < -0.4 is 5.32 Å². The molecule has 0 fully saturated rings. The highest BCUT2D eigenvalue weighted by Crippen LogP contribution is 2.23. The molecule has 19 heavy (non-hydrogen) atoms. The lowest BCUT2D eigenvalue weighted by Crippen LogP contribution is -2.11. The summed E-state index contributed by atoms with van der Waals surface area (Å²) < 4.78 is 0.999. The standard InChI is InChI=1S/C14H9ClN2OS/c15-9-4-3-5-10(8-9)16-13(18)14-17-11-6-1-2-7-12(11)19-14/h1-8H,(H,16,18). The van der Waals surface area contributed by atoms with E-state index in [-0.39, 0.29) is 5.91 Å². The van der Waals surface area contributed by atoms with Crippen molar-refractivity contribution in [1.82, 2.24) is 4.98 Å². The van der Waals surface area contributed by atoms with E-state index in [2.05, 4.69) is 10.3 Å². The maximum atomic E-state index is 12.1. The van der Waals surface area contributed by atoms with Gasteiger partial charge in [0.15, 0.2) is 5.01 Å². The van der Waals surface area contributed by atoms with Crippen molar-refractivity contribution in [3.05, 3.63) is 58.6 Å². The lowest BCUT2D eigenvalue weighted by molar-refractivity contribution is 0.102. The van der Waals surface area contributed by atoms with Crippen LogP contribution in [-0.2, 0) is 0 Å². The quantitative estimate of drug-likeness (QED) is 0.768. The number of para-hydroxylation sites is 1. The van der Waals surface area contributed by atoms with E-state index in [4.69, 9.17) is 11.6 Å². The normalized spacial score (nSPS) is 10.6. The highest BCUT2D eigenvalue weighted by atomic mass is 35.5. The summed E-state index contributed by atoms with van der Waals surface area (Å²) in [6, 6.07) is 14.7. The molecule has 2 aromatic carbocycles. The van der Waals surface area contributed by atoms with E-state index in [1.807, 2.05) is 24.3 Å². The maximum Gasteiger partial charge on any atom is 0.284 e. The van der Waals surface area contributed by atoms with E-state index < -0.39 is 0 Å². The van der Waals surface area contributed by atoms with Gasteiger partial charge in [-0.05, 0) is 30.3 Å². The Morgan fingerprint density at radius 2 is 2.00 bits per heavy atom. The molecule has 5 heteroatoms. The lowest BCUT2D eigenvalue weighted by Gasteiger charge is -2.02. The fourth-order valence-corrected chi connectivity index (χ4v) is 2.77. The van der Waals surface area contributed by atoms with Crippen LogP contribution in [0, 0.1) is 0 Å². The number of thiazole rings is 1. The predicted octanol–water partition coefficient (Wildman–Crippen LogP) is 4.20. The zero-order chi connectivity index (χ0) is 13.2. The number of amides is 1. The van der Waals surface area contributed by atoms with Gasteiger partial charge in [0, 0.05) is 10.7 Å². The predicted molar refractivity (Wildman–Crippen MR) is 79.0 cm³/mol. The van der Waals surface area contributed by atoms with Gasteiger partial charge in [0.05, 0.1) is 10.2 Å². The lowest BCUT2D eigenvalue weighted by atomic mass is 10.3. The fraction of sp³-hybridized carbons (Fsp3) is 0. The molecule has 3 nitrogen and oxygen atoms in total. The second kappa shape index (κ2) is 4.99. The van der Waals surface area contributed by atoms with Gasteiger partial charge in [0.2, 0.25) is 0 Å². The van der Waals surface area contributed by atoms with Gasteiger partial charge in [-0.25, -0.2) is 4.98 Å². The van der Waals surface area contributed by atoms with Crippen molar-refractivity contribution >= 4 is 44.7 Å². The van der Waals surface area contributed by atoms with Crippen molar-refractivity contribution in [2.45, 2.75) is 0 Å². The first-order valence-corrected chi connectivity index (χ1v) is 6.84. The topological polar surface area (TPSA) is 42.0 Å². The SMILES string of the molecule is O=C(Nc1cccc(Cl)c1)c1nc2ccccc2s1. The van der Waals surface area contributed by atoms with Crippen LogP contribution in [0.15, 0.2) is 48.5 Å². The second-order valence-electron chi connectivity index (χ2n) is 3.95. The number of rotatable bonds is 2. The molecule has 0 radical (unpaired) electrons. The number of nitrogens with zero attached hydrogens (tertiary/aromatic N) is 1. The first-order chi connectivity index (χ1) is 9.22. The van der Waals surface area contributed by atoms with Gasteiger partial charge in [-0.1, -0.05) is 29.8 Å². The first kappa shape index (κ1) is 12.1. The van der Waals surface area contributed by atoms with E-state index >= 15 is 0 Å². The molecule has 0 bridgehead atoms. The third-order valence-electron chi connectivity index (χ3n) is 2.57. The Morgan fingerprint density at radius 3 is 2.79 bits per heavy atom. The van der Waals surface area contributed by atoms with Crippen molar-refractivity contribution in [3.63, 3.8) is 0 Å². The van der Waals surface area contributed by atoms with Crippen LogP contribution in [0.4, 0.5) is 5.69 Å². The smallest absolute Gasteiger partial charge is 0.284 e. The summed E-state index contributed by atoms with van der Waals surface area (Å²) in [4.78, 5) is 16.4. The number of aromatic nitrogens is 1. The number of hydrogen-bond donors (Lipinski definition) is 1. The maximum absolute atomic E-state index is 12.1.